The van der Waals surface area contributed by atoms with Crippen LogP contribution in [0.4, 0.5) is 0 Å². The summed E-state index contributed by atoms with van der Waals surface area (Å²) in [6.07, 6.45) is 0. The molecule has 0 aromatic heterocycles. The first kappa shape index (κ1) is 11.2. The first-order valence-electron chi connectivity index (χ1n) is 1.50. The predicted octanol–water partition coefficient (Wildman–Crippen LogP) is -0.0172. The van der Waals surface area contributed by atoms with Gasteiger partial charge in [-0.3, -0.25) is 0 Å². The molecule has 0 saturated heterocycles. The third kappa shape index (κ3) is 11.1. The Labute approximate surface area is 71.8 Å². The Morgan fingerprint density at radius 1 is 1.86 bits per heavy atom. The van der Waals surface area contributed by atoms with Crippen molar-refractivity contribution in [1.29, 1.82) is 0 Å². The van der Waals surface area contributed by atoms with E-state index in [1.807, 2.05) is 0 Å². The summed E-state index contributed by atoms with van der Waals surface area (Å²) in [5, 5.41) is 0. The van der Waals surface area contributed by atoms with Crippen LogP contribution in [0.5, 0.6) is 0 Å². The maximum atomic E-state index is 9.75. The van der Waals surface area contributed by atoms with Crippen molar-refractivity contribution in [1.82, 2.24) is 0 Å². The first-order chi connectivity index (χ1) is 2.77. The van der Waals surface area contributed by atoms with Gasteiger partial charge in [-0.2, -0.15) is 0 Å². The zero-order chi connectivity index (χ0) is 4.99. The number of hydrogen-bond acceptors (Lipinski definition) is 4. The quantitative estimate of drug-likeness (QED) is 0.407. The summed E-state index contributed by atoms with van der Waals surface area (Å²) in [7, 11) is -1.48. The summed E-state index contributed by atoms with van der Waals surface area (Å²) in [5.74, 6) is 0. The minimum Gasteiger partial charge on any atom is -0.444 e. The van der Waals surface area contributed by atoms with Gasteiger partial charge in [0.25, 0.3) is 0 Å². The van der Waals surface area contributed by atoms with E-state index in [9.17, 15) is 4.21 Å². The Kier molecular flexibility index (Phi) is 11.7. The molecule has 7 heavy (non-hydrogen) atoms. The minimum absolute atomic E-state index is 0. The SMILES string of the molecule is CCO[S-](=O)=S.[Na]. The van der Waals surface area contributed by atoms with Crippen LogP contribution in [0.15, 0.2) is 0 Å². The van der Waals surface area contributed by atoms with Crippen molar-refractivity contribution in [2.45, 2.75) is 6.92 Å². The maximum absolute atomic E-state index is 9.75. The number of hydrogen-bond donors (Lipinski definition) is 0. The van der Waals surface area contributed by atoms with Crippen LogP contribution in [0.1, 0.15) is 6.92 Å². The maximum Gasteiger partial charge on any atom is 0.0228 e. The third-order valence-corrected chi connectivity index (χ3v) is 0.931. The Balaban J connectivity index is 0. The summed E-state index contributed by atoms with van der Waals surface area (Å²) < 4.78 is 14.1. The molecule has 2 nitrogen and oxygen atoms in total. The monoisotopic (exact) mass is 148 g/mol. The van der Waals surface area contributed by atoms with Crippen molar-refractivity contribution in [2.24, 2.45) is 0 Å². The largest absolute Gasteiger partial charge is 0.444 e. The fourth-order valence-electron chi connectivity index (χ4n) is 0.0962. The summed E-state index contributed by atoms with van der Waals surface area (Å²) in [6.45, 7) is 2.17. The van der Waals surface area contributed by atoms with Crippen molar-refractivity contribution >= 4 is 50.4 Å². The van der Waals surface area contributed by atoms with Gasteiger partial charge in [-0.25, -0.2) is 11.2 Å². The fraction of sp³-hybridized carbons (Fsp3) is 1.00. The molecule has 0 unspecified atom stereocenters. The Bertz CT molecular complexity index is 81.7. The van der Waals surface area contributed by atoms with Gasteiger partial charge in [0.2, 0.25) is 0 Å². The molecule has 0 amide bonds. The van der Waals surface area contributed by atoms with Crippen LogP contribution >= 0.6 is 0 Å². The summed E-state index contributed by atoms with van der Waals surface area (Å²) in [4.78, 5) is 0. The van der Waals surface area contributed by atoms with Crippen LogP contribution < -0.4 is 0 Å². The first-order valence-corrected chi connectivity index (χ1v) is 3.50. The van der Waals surface area contributed by atoms with E-state index < -0.39 is 9.64 Å². The van der Waals surface area contributed by atoms with E-state index in [2.05, 4.69) is 15.4 Å². The van der Waals surface area contributed by atoms with Crippen molar-refractivity contribution in [2.75, 3.05) is 6.61 Å². The molecule has 0 aliphatic carbocycles. The molecule has 39 valence electrons. The summed E-state index contributed by atoms with van der Waals surface area (Å²) in [5.41, 5.74) is 0. The van der Waals surface area contributed by atoms with Crippen molar-refractivity contribution in [3.8, 4) is 0 Å². The van der Waals surface area contributed by atoms with Crippen LogP contribution in [0.25, 0.3) is 0 Å². The molecule has 0 aliphatic rings. The van der Waals surface area contributed by atoms with E-state index in [4.69, 9.17) is 0 Å². The molecule has 0 atom stereocenters. The molecular formula is C2H5NaO2S2-. The van der Waals surface area contributed by atoms with E-state index in [1.54, 1.807) is 6.92 Å². The van der Waals surface area contributed by atoms with E-state index in [-0.39, 0.29) is 29.6 Å². The van der Waals surface area contributed by atoms with Gasteiger partial charge in [0.05, 0.1) is 0 Å². The van der Waals surface area contributed by atoms with Crippen LogP contribution in [0.3, 0.4) is 0 Å². The van der Waals surface area contributed by atoms with E-state index >= 15 is 0 Å². The summed E-state index contributed by atoms with van der Waals surface area (Å²) >= 11 is 4.13. The van der Waals surface area contributed by atoms with Gasteiger partial charge in [0.1, 0.15) is 0 Å². The molecule has 0 saturated carbocycles. The third-order valence-electron chi connectivity index (χ3n) is 0.214. The molecule has 0 fully saturated rings. The average molecular weight is 148 g/mol. The van der Waals surface area contributed by atoms with Crippen LogP contribution in [-0.2, 0) is 29.2 Å². The molecule has 0 aromatic rings. The van der Waals surface area contributed by atoms with Crippen molar-refractivity contribution < 1.29 is 8.39 Å². The molecule has 5 heteroatoms. The van der Waals surface area contributed by atoms with Gasteiger partial charge in [-0.1, -0.05) is 9.64 Å². The van der Waals surface area contributed by atoms with Crippen molar-refractivity contribution in [3.63, 3.8) is 0 Å². The van der Waals surface area contributed by atoms with Gasteiger partial charge in [-0.15, -0.1) is 0 Å². The average Bonchev–Trinajstić information content (AvgIpc) is 1.35. The van der Waals surface area contributed by atoms with Gasteiger partial charge in [-0.05, 0) is 6.92 Å². The topological polar surface area (TPSA) is 26.3 Å². The van der Waals surface area contributed by atoms with Gasteiger partial charge >= 0.3 is 0 Å². The van der Waals surface area contributed by atoms with E-state index in [0.29, 0.717) is 6.61 Å². The van der Waals surface area contributed by atoms with Crippen LogP contribution in [-0.4, -0.2) is 36.2 Å². The number of rotatable bonds is 2. The smallest absolute Gasteiger partial charge is 0.0228 e. The molecule has 1 radical (unpaired) electrons. The normalized spacial score (nSPS) is 8.29. The van der Waals surface area contributed by atoms with Gasteiger partial charge in [0, 0.05) is 36.2 Å². The molecule has 0 aliphatic heterocycles. The Hall–Kier alpha value is 1.33. The van der Waals surface area contributed by atoms with Crippen LogP contribution in [0, 0.1) is 0 Å². The van der Waals surface area contributed by atoms with Gasteiger partial charge in [0.15, 0.2) is 0 Å². The molecule has 0 N–H and O–H groups in total. The molecule has 0 heterocycles. The fourth-order valence-corrected chi connectivity index (χ4v) is 0.577. The Morgan fingerprint density at radius 2 is 2.29 bits per heavy atom. The second-order valence-electron chi connectivity index (χ2n) is 0.611. The minimum atomic E-state index is -1.48. The molecule has 0 aromatic carbocycles. The summed E-state index contributed by atoms with van der Waals surface area (Å²) in [6, 6.07) is 0. The van der Waals surface area contributed by atoms with E-state index in [1.165, 1.54) is 0 Å². The van der Waals surface area contributed by atoms with Gasteiger partial charge < -0.3 is 8.39 Å². The zero-order valence-corrected chi connectivity index (χ0v) is 7.97. The molecule has 0 rings (SSSR count). The second-order valence-corrected chi connectivity index (χ2v) is 2.07. The standard InChI is InChI=1S/C2H5O2S2.Na/c1-2-4-6(3)5;/h2H2,1H3;/q-1;. The molecular weight excluding hydrogens is 143 g/mol. The Morgan fingerprint density at radius 3 is 2.29 bits per heavy atom. The van der Waals surface area contributed by atoms with Crippen molar-refractivity contribution in [3.05, 3.63) is 0 Å². The predicted molar refractivity (Wildman–Crippen MR) is 32.8 cm³/mol. The van der Waals surface area contributed by atoms with E-state index in [0.717, 1.165) is 0 Å². The zero-order valence-electron chi connectivity index (χ0n) is 4.34. The second kappa shape index (κ2) is 7.33. The van der Waals surface area contributed by atoms with Crippen LogP contribution in [0.2, 0.25) is 0 Å². The molecule has 0 bridgehead atoms. The molecule has 0 spiro atoms.